The number of halogens is 1. The minimum absolute atomic E-state index is 0. The van der Waals surface area contributed by atoms with Gasteiger partial charge in [0.1, 0.15) is 0 Å². The first-order valence-electron chi connectivity index (χ1n) is 6.85. The Morgan fingerprint density at radius 1 is 1.39 bits per heavy atom. The summed E-state index contributed by atoms with van der Waals surface area (Å²) < 4.78 is 5.64. The number of rotatable bonds is 8. The van der Waals surface area contributed by atoms with Gasteiger partial charge >= 0.3 is 0 Å². The van der Waals surface area contributed by atoms with Crippen LogP contribution in [0, 0.1) is 5.92 Å². The summed E-state index contributed by atoms with van der Waals surface area (Å²) in [5, 5.41) is 3.30. The third-order valence-corrected chi connectivity index (χ3v) is 2.80. The Kier molecular flexibility index (Phi) is 10.8. The molecule has 1 aliphatic carbocycles. The van der Waals surface area contributed by atoms with Crippen molar-refractivity contribution in [1.82, 2.24) is 10.2 Å². The molecule has 0 aliphatic heterocycles. The number of guanidine groups is 1. The molecular weight excluding hydrogens is 341 g/mol. The zero-order chi connectivity index (χ0) is 12.5. The third-order valence-electron chi connectivity index (χ3n) is 2.80. The lowest BCUT2D eigenvalue weighted by Gasteiger charge is -2.21. The fourth-order valence-corrected chi connectivity index (χ4v) is 1.53. The summed E-state index contributed by atoms with van der Waals surface area (Å²) in [5.74, 6) is 1.84. The second kappa shape index (κ2) is 10.8. The first kappa shape index (κ1) is 18.0. The summed E-state index contributed by atoms with van der Waals surface area (Å²) in [4.78, 5) is 6.68. The SMILES string of the molecule is CCCN=C(NCC)N(C)CCOCC1CC1.I. The fourth-order valence-electron chi connectivity index (χ4n) is 1.53. The summed E-state index contributed by atoms with van der Waals surface area (Å²) in [6.07, 6.45) is 3.80. The molecule has 1 saturated carbocycles. The van der Waals surface area contributed by atoms with E-state index in [9.17, 15) is 0 Å². The lowest BCUT2D eigenvalue weighted by Crippen LogP contribution is -2.40. The summed E-state index contributed by atoms with van der Waals surface area (Å²) in [7, 11) is 2.07. The van der Waals surface area contributed by atoms with Crippen LogP contribution in [0.2, 0.25) is 0 Å². The first-order valence-corrected chi connectivity index (χ1v) is 6.85. The topological polar surface area (TPSA) is 36.9 Å². The van der Waals surface area contributed by atoms with Crippen LogP contribution in [0.4, 0.5) is 0 Å². The summed E-state index contributed by atoms with van der Waals surface area (Å²) >= 11 is 0. The summed E-state index contributed by atoms with van der Waals surface area (Å²) in [6.45, 7) is 8.68. The Morgan fingerprint density at radius 3 is 2.67 bits per heavy atom. The molecule has 1 rings (SSSR count). The Morgan fingerprint density at radius 2 is 2.11 bits per heavy atom. The van der Waals surface area contributed by atoms with Gasteiger partial charge in [-0.3, -0.25) is 4.99 Å². The van der Waals surface area contributed by atoms with Crippen LogP contribution >= 0.6 is 24.0 Å². The number of ether oxygens (including phenoxy) is 1. The normalized spacial score (nSPS) is 15.2. The molecule has 0 bridgehead atoms. The van der Waals surface area contributed by atoms with Crippen molar-refractivity contribution in [2.45, 2.75) is 33.1 Å². The second-order valence-electron chi connectivity index (χ2n) is 4.68. The van der Waals surface area contributed by atoms with E-state index in [0.717, 1.165) is 51.1 Å². The lowest BCUT2D eigenvalue weighted by molar-refractivity contribution is 0.115. The van der Waals surface area contributed by atoms with Crippen LogP contribution in [-0.4, -0.2) is 50.8 Å². The highest BCUT2D eigenvalue weighted by atomic mass is 127. The molecular formula is C13H28IN3O. The molecule has 0 radical (unpaired) electrons. The molecule has 0 unspecified atom stereocenters. The van der Waals surface area contributed by atoms with Gasteiger partial charge in [-0.05, 0) is 32.1 Å². The zero-order valence-electron chi connectivity index (χ0n) is 11.9. The monoisotopic (exact) mass is 369 g/mol. The molecule has 0 heterocycles. The Balaban J connectivity index is 0.00000289. The van der Waals surface area contributed by atoms with Gasteiger partial charge in [-0.2, -0.15) is 0 Å². The molecule has 0 saturated heterocycles. The molecule has 1 N–H and O–H groups in total. The number of nitrogens with one attached hydrogen (secondary N) is 1. The van der Waals surface area contributed by atoms with Crippen molar-refractivity contribution < 1.29 is 4.74 Å². The number of aliphatic imine (C=N–C) groups is 1. The maximum atomic E-state index is 5.64. The minimum Gasteiger partial charge on any atom is -0.379 e. The molecule has 108 valence electrons. The molecule has 0 amide bonds. The van der Waals surface area contributed by atoms with Crippen LogP contribution in [0.25, 0.3) is 0 Å². The minimum atomic E-state index is 0. The van der Waals surface area contributed by atoms with E-state index in [1.54, 1.807) is 0 Å². The van der Waals surface area contributed by atoms with E-state index >= 15 is 0 Å². The predicted molar refractivity (Wildman–Crippen MR) is 87.9 cm³/mol. The van der Waals surface area contributed by atoms with Gasteiger partial charge in [0.25, 0.3) is 0 Å². The molecule has 1 aliphatic rings. The van der Waals surface area contributed by atoms with Crippen LogP contribution in [0.1, 0.15) is 33.1 Å². The average molecular weight is 369 g/mol. The van der Waals surface area contributed by atoms with Gasteiger partial charge < -0.3 is 15.0 Å². The van der Waals surface area contributed by atoms with E-state index in [1.165, 1.54) is 12.8 Å². The highest BCUT2D eigenvalue weighted by molar-refractivity contribution is 14.0. The zero-order valence-corrected chi connectivity index (χ0v) is 14.3. The molecule has 0 aromatic carbocycles. The van der Waals surface area contributed by atoms with Crippen LogP contribution in [0.3, 0.4) is 0 Å². The van der Waals surface area contributed by atoms with Crippen molar-refractivity contribution >= 4 is 29.9 Å². The van der Waals surface area contributed by atoms with Gasteiger partial charge in [0, 0.05) is 33.3 Å². The highest BCUT2D eigenvalue weighted by Gasteiger charge is 2.21. The molecule has 0 atom stereocenters. The van der Waals surface area contributed by atoms with E-state index in [2.05, 4.69) is 36.1 Å². The van der Waals surface area contributed by atoms with Crippen LogP contribution in [-0.2, 0) is 4.74 Å². The Bertz CT molecular complexity index is 232. The third kappa shape index (κ3) is 8.13. The van der Waals surface area contributed by atoms with Crippen molar-refractivity contribution in [2.24, 2.45) is 10.9 Å². The van der Waals surface area contributed by atoms with E-state index in [1.807, 2.05) is 0 Å². The molecule has 4 nitrogen and oxygen atoms in total. The standard InChI is InChI=1S/C13H27N3O.HI/c1-4-8-15-13(14-5-2)16(3)9-10-17-11-12-6-7-12;/h12H,4-11H2,1-3H3,(H,14,15);1H. The van der Waals surface area contributed by atoms with E-state index in [-0.39, 0.29) is 24.0 Å². The lowest BCUT2D eigenvalue weighted by atomic mass is 10.5. The summed E-state index contributed by atoms with van der Waals surface area (Å²) in [5.41, 5.74) is 0. The molecule has 0 aromatic heterocycles. The van der Waals surface area contributed by atoms with Gasteiger partial charge in [-0.15, -0.1) is 24.0 Å². The molecule has 1 fully saturated rings. The molecule has 5 heteroatoms. The first-order chi connectivity index (χ1) is 8.27. The number of hydrogen-bond donors (Lipinski definition) is 1. The molecule has 0 aromatic rings. The van der Waals surface area contributed by atoms with Gasteiger partial charge in [-0.25, -0.2) is 0 Å². The Hall–Kier alpha value is -0.0400. The van der Waals surface area contributed by atoms with Gasteiger partial charge in [-0.1, -0.05) is 6.92 Å². The van der Waals surface area contributed by atoms with Gasteiger partial charge in [0.2, 0.25) is 0 Å². The largest absolute Gasteiger partial charge is 0.379 e. The number of hydrogen-bond acceptors (Lipinski definition) is 2. The average Bonchev–Trinajstić information content (AvgIpc) is 3.13. The highest BCUT2D eigenvalue weighted by Crippen LogP contribution is 2.28. The van der Waals surface area contributed by atoms with Crippen molar-refractivity contribution in [3.63, 3.8) is 0 Å². The predicted octanol–water partition coefficient (Wildman–Crippen LogP) is 2.34. The quantitative estimate of drug-likeness (QED) is 0.309. The number of likely N-dealkylation sites (N-methyl/N-ethyl adjacent to an activating group) is 1. The maximum absolute atomic E-state index is 5.64. The molecule has 18 heavy (non-hydrogen) atoms. The summed E-state index contributed by atoms with van der Waals surface area (Å²) in [6, 6.07) is 0. The van der Waals surface area contributed by atoms with E-state index in [0.29, 0.717) is 0 Å². The van der Waals surface area contributed by atoms with Crippen molar-refractivity contribution in [2.75, 3.05) is 39.9 Å². The van der Waals surface area contributed by atoms with Crippen LogP contribution in [0.5, 0.6) is 0 Å². The second-order valence-corrected chi connectivity index (χ2v) is 4.68. The Labute approximate surface area is 129 Å². The fraction of sp³-hybridized carbons (Fsp3) is 0.923. The van der Waals surface area contributed by atoms with Crippen molar-refractivity contribution in [3.05, 3.63) is 0 Å². The van der Waals surface area contributed by atoms with Crippen LogP contribution in [0.15, 0.2) is 4.99 Å². The van der Waals surface area contributed by atoms with E-state index < -0.39 is 0 Å². The van der Waals surface area contributed by atoms with Crippen molar-refractivity contribution in [1.29, 1.82) is 0 Å². The van der Waals surface area contributed by atoms with E-state index in [4.69, 9.17) is 4.74 Å². The maximum Gasteiger partial charge on any atom is 0.193 e. The van der Waals surface area contributed by atoms with Gasteiger partial charge in [0.05, 0.1) is 6.61 Å². The molecule has 0 spiro atoms. The van der Waals surface area contributed by atoms with Crippen molar-refractivity contribution in [3.8, 4) is 0 Å². The smallest absolute Gasteiger partial charge is 0.193 e. The van der Waals surface area contributed by atoms with Gasteiger partial charge in [0.15, 0.2) is 5.96 Å². The van der Waals surface area contributed by atoms with Crippen LogP contribution < -0.4 is 5.32 Å². The number of nitrogens with zero attached hydrogens (tertiary/aromatic N) is 2.